The van der Waals surface area contributed by atoms with Gasteiger partial charge in [-0.3, -0.25) is 4.79 Å². The molecule has 0 aromatic heterocycles. The molecular weight excluding hydrogens is 204 g/mol. The fraction of sp³-hybridized carbons (Fsp3) is 0.917. The number of hydrogen-bond acceptors (Lipinski definition) is 3. The number of amides is 1. The fourth-order valence-electron chi connectivity index (χ4n) is 2.34. The zero-order valence-corrected chi connectivity index (χ0v) is 10.3. The standard InChI is InChI=1S/C12H24N2O2/c1-9(12(16)13-2)14-8-11(15)7-10-5-3-4-6-10/h9-11,14-15H,3-8H2,1-2H3,(H,13,16). The van der Waals surface area contributed by atoms with Crippen molar-refractivity contribution >= 4 is 5.91 Å². The predicted octanol–water partition coefficient (Wildman–Crippen LogP) is 0.652. The Morgan fingerprint density at radius 1 is 1.44 bits per heavy atom. The molecule has 16 heavy (non-hydrogen) atoms. The number of carbonyl (C=O) groups is 1. The van der Waals surface area contributed by atoms with Crippen molar-refractivity contribution in [3.8, 4) is 0 Å². The van der Waals surface area contributed by atoms with Crippen LogP contribution in [-0.4, -0.2) is 36.8 Å². The SMILES string of the molecule is CNC(=O)C(C)NCC(O)CC1CCCC1. The molecule has 1 aliphatic rings. The molecule has 1 saturated carbocycles. The number of nitrogens with one attached hydrogen (secondary N) is 2. The van der Waals surface area contributed by atoms with Gasteiger partial charge in [-0.1, -0.05) is 25.7 Å². The van der Waals surface area contributed by atoms with Gasteiger partial charge in [0.05, 0.1) is 12.1 Å². The normalized spacial score (nSPS) is 20.7. The van der Waals surface area contributed by atoms with Crippen LogP contribution in [0.5, 0.6) is 0 Å². The largest absolute Gasteiger partial charge is 0.392 e. The minimum Gasteiger partial charge on any atom is -0.392 e. The summed E-state index contributed by atoms with van der Waals surface area (Å²) in [5.41, 5.74) is 0. The Labute approximate surface area is 97.8 Å². The fourth-order valence-corrected chi connectivity index (χ4v) is 2.34. The maximum absolute atomic E-state index is 11.2. The highest BCUT2D eigenvalue weighted by atomic mass is 16.3. The molecular formula is C12H24N2O2. The summed E-state index contributed by atoms with van der Waals surface area (Å²) in [5.74, 6) is 0.653. The molecule has 3 N–H and O–H groups in total. The van der Waals surface area contributed by atoms with E-state index in [0.717, 1.165) is 6.42 Å². The van der Waals surface area contributed by atoms with Crippen molar-refractivity contribution in [2.24, 2.45) is 5.92 Å². The van der Waals surface area contributed by atoms with Crippen LogP contribution in [0.2, 0.25) is 0 Å². The molecule has 1 rings (SSSR count). The van der Waals surface area contributed by atoms with Crippen molar-refractivity contribution < 1.29 is 9.90 Å². The van der Waals surface area contributed by atoms with Gasteiger partial charge in [-0.2, -0.15) is 0 Å². The monoisotopic (exact) mass is 228 g/mol. The lowest BCUT2D eigenvalue weighted by Gasteiger charge is -2.18. The van der Waals surface area contributed by atoms with E-state index in [9.17, 15) is 9.90 Å². The van der Waals surface area contributed by atoms with E-state index in [-0.39, 0.29) is 18.1 Å². The van der Waals surface area contributed by atoms with Gasteiger partial charge in [-0.15, -0.1) is 0 Å². The summed E-state index contributed by atoms with van der Waals surface area (Å²) >= 11 is 0. The van der Waals surface area contributed by atoms with Crippen molar-refractivity contribution in [1.29, 1.82) is 0 Å². The third-order valence-corrected chi connectivity index (χ3v) is 3.38. The van der Waals surface area contributed by atoms with Crippen LogP contribution in [0.15, 0.2) is 0 Å². The van der Waals surface area contributed by atoms with Crippen LogP contribution in [0.25, 0.3) is 0 Å². The van der Waals surface area contributed by atoms with Crippen LogP contribution in [0.1, 0.15) is 39.0 Å². The summed E-state index contributed by atoms with van der Waals surface area (Å²) in [7, 11) is 1.62. The predicted molar refractivity (Wildman–Crippen MR) is 64.1 cm³/mol. The molecule has 0 heterocycles. The molecule has 94 valence electrons. The highest BCUT2D eigenvalue weighted by Crippen LogP contribution is 2.28. The first-order chi connectivity index (χ1) is 7.63. The van der Waals surface area contributed by atoms with Crippen molar-refractivity contribution in [3.63, 3.8) is 0 Å². The second-order valence-corrected chi connectivity index (χ2v) is 4.78. The Hall–Kier alpha value is -0.610. The average Bonchev–Trinajstić information content (AvgIpc) is 2.77. The minimum atomic E-state index is -0.324. The van der Waals surface area contributed by atoms with Crippen LogP contribution < -0.4 is 10.6 Å². The van der Waals surface area contributed by atoms with Gasteiger partial charge in [0.15, 0.2) is 0 Å². The van der Waals surface area contributed by atoms with Gasteiger partial charge < -0.3 is 15.7 Å². The number of aliphatic hydroxyl groups excluding tert-OH is 1. The first-order valence-electron chi connectivity index (χ1n) is 6.26. The number of likely N-dealkylation sites (N-methyl/N-ethyl adjacent to an activating group) is 1. The van der Waals surface area contributed by atoms with E-state index in [1.165, 1.54) is 25.7 Å². The quantitative estimate of drug-likeness (QED) is 0.625. The highest BCUT2D eigenvalue weighted by molar-refractivity contribution is 5.80. The molecule has 2 unspecified atom stereocenters. The van der Waals surface area contributed by atoms with E-state index in [4.69, 9.17) is 0 Å². The van der Waals surface area contributed by atoms with Crippen molar-refractivity contribution in [2.75, 3.05) is 13.6 Å². The molecule has 0 saturated heterocycles. The number of rotatable bonds is 6. The summed E-state index contributed by atoms with van der Waals surface area (Å²) in [6, 6.07) is -0.233. The van der Waals surface area contributed by atoms with Gasteiger partial charge in [0, 0.05) is 13.6 Å². The summed E-state index contributed by atoms with van der Waals surface area (Å²) < 4.78 is 0. The van der Waals surface area contributed by atoms with Crippen LogP contribution in [0.3, 0.4) is 0 Å². The summed E-state index contributed by atoms with van der Waals surface area (Å²) in [4.78, 5) is 11.2. The van der Waals surface area contributed by atoms with Crippen LogP contribution >= 0.6 is 0 Å². The molecule has 0 aromatic carbocycles. The maximum Gasteiger partial charge on any atom is 0.236 e. The number of hydrogen-bond donors (Lipinski definition) is 3. The van der Waals surface area contributed by atoms with Gasteiger partial charge in [0.2, 0.25) is 5.91 Å². The summed E-state index contributed by atoms with van der Waals surface area (Å²) in [6.07, 6.45) is 5.66. The van der Waals surface area contributed by atoms with Crippen LogP contribution in [0, 0.1) is 5.92 Å². The van der Waals surface area contributed by atoms with Crippen molar-refractivity contribution in [3.05, 3.63) is 0 Å². The van der Waals surface area contributed by atoms with E-state index >= 15 is 0 Å². The highest BCUT2D eigenvalue weighted by Gasteiger charge is 2.19. The van der Waals surface area contributed by atoms with Gasteiger partial charge >= 0.3 is 0 Å². The zero-order chi connectivity index (χ0) is 12.0. The van der Waals surface area contributed by atoms with Gasteiger partial charge in [0.1, 0.15) is 0 Å². The molecule has 1 amide bonds. The molecule has 0 aliphatic heterocycles. The summed E-state index contributed by atoms with van der Waals surface area (Å²) in [6.45, 7) is 2.31. The Balaban J connectivity index is 2.13. The molecule has 4 nitrogen and oxygen atoms in total. The summed E-state index contributed by atoms with van der Waals surface area (Å²) in [5, 5.41) is 15.4. The molecule has 0 bridgehead atoms. The molecule has 0 aromatic rings. The smallest absolute Gasteiger partial charge is 0.236 e. The third kappa shape index (κ3) is 4.49. The van der Waals surface area contributed by atoms with Crippen molar-refractivity contribution in [2.45, 2.75) is 51.2 Å². The molecule has 0 radical (unpaired) electrons. The molecule has 1 aliphatic carbocycles. The average molecular weight is 228 g/mol. The van der Waals surface area contributed by atoms with Gasteiger partial charge in [-0.05, 0) is 19.3 Å². The number of aliphatic hydroxyl groups is 1. The topological polar surface area (TPSA) is 61.4 Å². The Morgan fingerprint density at radius 3 is 2.62 bits per heavy atom. The Bertz CT molecular complexity index is 215. The first kappa shape index (κ1) is 13.5. The molecule has 4 heteroatoms. The van der Waals surface area contributed by atoms with Gasteiger partial charge in [0.25, 0.3) is 0 Å². The van der Waals surface area contributed by atoms with Crippen molar-refractivity contribution in [1.82, 2.24) is 10.6 Å². The Kier molecular flexibility index (Phi) is 5.77. The zero-order valence-electron chi connectivity index (χ0n) is 10.3. The van der Waals surface area contributed by atoms with E-state index in [1.54, 1.807) is 14.0 Å². The molecule has 2 atom stereocenters. The van der Waals surface area contributed by atoms with E-state index in [0.29, 0.717) is 12.5 Å². The van der Waals surface area contributed by atoms with Gasteiger partial charge in [-0.25, -0.2) is 0 Å². The number of carbonyl (C=O) groups excluding carboxylic acids is 1. The second kappa shape index (κ2) is 6.86. The van der Waals surface area contributed by atoms with E-state index in [1.807, 2.05) is 0 Å². The lowest BCUT2D eigenvalue weighted by atomic mass is 10.00. The van der Waals surface area contributed by atoms with E-state index in [2.05, 4.69) is 10.6 Å². The molecule has 1 fully saturated rings. The second-order valence-electron chi connectivity index (χ2n) is 4.78. The third-order valence-electron chi connectivity index (χ3n) is 3.38. The Morgan fingerprint density at radius 2 is 2.06 bits per heavy atom. The minimum absolute atomic E-state index is 0.0342. The van der Waals surface area contributed by atoms with Crippen LogP contribution in [-0.2, 0) is 4.79 Å². The van der Waals surface area contributed by atoms with Crippen LogP contribution in [0.4, 0.5) is 0 Å². The lowest BCUT2D eigenvalue weighted by molar-refractivity contribution is -0.122. The lowest BCUT2D eigenvalue weighted by Crippen LogP contribution is -2.43. The molecule has 0 spiro atoms. The first-order valence-corrected chi connectivity index (χ1v) is 6.26. The van der Waals surface area contributed by atoms with E-state index < -0.39 is 0 Å². The maximum atomic E-state index is 11.2.